The Hall–Kier alpha value is -4.25. The van der Waals surface area contributed by atoms with Crippen LogP contribution >= 0.6 is 0 Å². The summed E-state index contributed by atoms with van der Waals surface area (Å²) in [7, 11) is 1.63. The lowest BCUT2D eigenvalue weighted by atomic mass is 10.2. The van der Waals surface area contributed by atoms with Gasteiger partial charge in [-0.25, -0.2) is 15.0 Å². The Morgan fingerprint density at radius 1 is 1.11 bits per heavy atom. The Kier molecular flexibility index (Phi) is 7.68. The number of imidazole rings is 2. The van der Waals surface area contributed by atoms with Gasteiger partial charge in [0.25, 0.3) is 11.8 Å². The minimum Gasteiger partial charge on any atom is -0.399 e. The molecule has 11 heteroatoms. The summed E-state index contributed by atoms with van der Waals surface area (Å²) in [6.07, 6.45) is 8.33. The Morgan fingerprint density at radius 3 is 2.77 bits per heavy atom. The van der Waals surface area contributed by atoms with Crippen molar-refractivity contribution >= 4 is 34.6 Å². The zero-order chi connectivity index (χ0) is 24.6. The fraction of sp³-hybridized carbons (Fsp3) is 0.292. The third-order valence-corrected chi connectivity index (χ3v) is 5.39. The van der Waals surface area contributed by atoms with Crippen LogP contribution in [0.15, 0.2) is 55.2 Å². The van der Waals surface area contributed by atoms with Crippen LogP contribution in [0, 0.1) is 0 Å². The van der Waals surface area contributed by atoms with Crippen molar-refractivity contribution in [2.24, 2.45) is 0 Å². The molecule has 0 radical (unpaired) electrons. The van der Waals surface area contributed by atoms with Gasteiger partial charge in [-0.05, 0) is 37.1 Å². The number of carbonyl (C=O) groups is 2. The summed E-state index contributed by atoms with van der Waals surface area (Å²) in [5.74, 6) is -0.227. The number of anilines is 2. The fourth-order valence-electron chi connectivity index (χ4n) is 3.65. The molecular weight excluding hydrogens is 448 g/mol. The molecule has 0 saturated heterocycles. The second-order valence-electron chi connectivity index (χ2n) is 7.99. The van der Waals surface area contributed by atoms with Crippen LogP contribution in [0.3, 0.4) is 0 Å². The molecule has 0 aliphatic rings. The van der Waals surface area contributed by atoms with E-state index in [1.807, 2.05) is 15.3 Å². The first-order valence-corrected chi connectivity index (χ1v) is 11.3. The van der Waals surface area contributed by atoms with Crippen molar-refractivity contribution in [1.29, 1.82) is 0 Å². The second kappa shape index (κ2) is 11.3. The molecule has 4 rings (SSSR count). The molecule has 3 aromatic heterocycles. The van der Waals surface area contributed by atoms with Gasteiger partial charge >= 0.3 is 0 Å². The number of benzene rings is 1. The number of nitrogens with zero attached hydrogens (tertiary/aromatic N) is 5. The van der Waals surface area contributed by atoms with Gasteiger partial charge in [0, 0.05) is 63.2 Å². The van der Waals surface area contributed by atoms with Gasteiger partial charge in [0.15, 0.2) is 5.65 Å². The summed E-state index contributed by atoms with van der Waals surface area (Å²) < 4.78 is 8.93. The topological polar surface area (TPSA) is 142 Å². The first-order chi connectivity index (χ1) is 17.0. The van der Waals surface area contributed by atoms with E-state index in [4.69, 9.17) is 10.5 Å². The minimum absolute atomic E-state index is 0.232. The van der Waals surface area contributed by atoms with E-state index in [0.29, 0.717) is 60.0 Å². The lowest BCUT2D eigenvalue weighted by Crippen LogP contribution is -2.25. The summed E-state index contributed by atoms with van der Waals surface area (Å²) in [5, 5.41) is 5.75. The number of ether oxygens (including phenoxy) is 1. The normalized spacial score (nSPS) is 11.0. The fourth-order valence-corrected chi connectivity index (χ4v) is 3.65. The number of aryl methyl sites for hydroxylation is 2. The molecule has 0 aliphatic heterocycles. The standard InChI is InChI=1S/C24H28N8O3/c1-35-12-4-10-32-21-20(29-24(32)30-23(34)17-5-2-6-19(25)13-17)14-18(15-28-21)22(33)27-7-3-9-31-11-8-26-16-31/h2,5-6,8,11,13-16H,3-4,7,9-10,12,25H2,1H3,(H,27,33)(H,29,30,34). The summed E-state index contributed by atoms with van der Waals surface area (Å²) in [5.41, 5.74) is 8.20. The zero-order valence-corrected chi connectivity index (χ0v) is 19.5. The van der Waals surface area contributed by atoms with Gasteiger partial charge in [0.1, 0.15) is 5.52 Å². The molecule has 4 aromatic rings. The Morgan fingerprint density at radius 2 is 2.00 bits per heavy atom. The van der Waals surface area contributed by atoms with Crippen LogP contribution in [0.2, 0.25) is 0 Å². The molecule has 182 valence electrons. The van der Waals surface area contributed by atoms with E-state index in [0.717, 1.165) is 13.0 Å². The summed E-state index contributed by atoms with van der Waals surface area (Å²) in [6, 6.07) is 8.38. The molecule has 0 aliphatic carbocycles. The molecule has 0 spiro atoms. The van der Waals surface area contributed by atoms with Crippen molar-refractivity contribution in [1.82, 2.24) is 29.4 Å². The van der Waals surface area contributed by atoms with Crippen LogP contribution in [-0.2, 0) is 17.8 Å². The predicted octanol–water partition coefficient (Wildman–Crippen LogP) is 2.32. The van der Waals surface area contributed by atoms with Crippen molar-refractivity contribution in [2.45, 2.75) is 25.9 Å². The number of carbonyl (C=O) groups excluding carboxylic acids is 2. The SMILES string of the molecule is COCCCn1c(NC(=O)c2cccc(N)c2)nc2cc(C(=O)NCCCn3ccnc3)cnc21. The number of nitrogens with one attached hydrogen (secondary N) is 2. The number of fused-ring (bicyclic) bond motifs is 1. The molecule has 3 heterocycles. The molecule has 0 atom stereocenters. The quantitative estimate of drug-likeness (QED) is 0.223. The molecule has 0 saturated carbocycles. The largest absolute Gasteiger partial charge is 0.399 e. The Bertz CT molecular complexity index is 1300. The Balaban J connectivity index is 1.50. The maximum absolute atomic E-state index is 12.8. The van der Waals surface area contributed by atoms with Crippen molar-refractivity contribution in [3.8, 4) is 0 Å². The van der Waals surface area contributed by atoms with Crippen molar-refractivity contribution in [3.05, 3.63) is 66.4 Å². The van der Waals surface area contributed by atoms with E-state index < -0.39 is 0 Å². The lowest BCUT2D eigenvalue weighted by molar-refractivity contribution is 0.0951. The second-order valence-corrected chi connectivity index (χ2v) is 7.99. The summed E-state index contributed by atoms with van der Waals surface area (Å²) >= 11 is 0. The number of aromatic nitrogens is 5. The van der Waals surface area contributed by atoms with Gasteiger partial charge in [-0.2, -0.15) is 0 Å². The van der Waals surface area contributed by atoms with Crippen molar-refractivity contribution < 1.29 is 14.3 Å². The third kappa shape index (κ3) is 6.01. The molecule has 11 nitrogen and oxygen atoms in total. The van der Waals surface area contributed by atoms with E-state index in [9.17, 15) is 9.59 Å². The predicted molar refractivity (Wildman–Crippen MR) is 132 cm³/mol. The number of nitrogen functional groups attached to an aromatic ring is 1. The third-order valence-electron chi connectivity index (χ3n) is 5.39. The van der Waals surface area contributed by atoms with Crippen LogP contribution in [0.1, 0.15) is 33.6 Å². The minimum atomic E-state index is -0.337. The smallest absolute Gasteiger partial charge is 0.258 e. The van der Waals surface area contributed by atoms with Crippen molar-refractivity contribution in [3.63, 3.8) is 0 Å². The number of hydrogen-bond acceptors (Lipinski definition) is 7. The van der Waals surface area contributed by atoms with E-state index in [2.05, 4.69) is 25.6 Å². The van der Waals surface area contributed by atoms with E-state index in [1.165, 1.54) is 6.20 Å². The number of nitrogens with two attached hydrogens (primary N) is 1. The number of rotatable bonds is 11. The highest BCUT2D eigenvalue weighted by Crippen LogP contribution is 2.21. The van der Waals surface area contributed by atoms with Gasteiger partial charge < -0.3 is 20.4 Å². The number of amides is 2. The van der Waals surface area contributed by atoms with Gasteiger partial charge in [0.2, 0.25) is 5.95 Å². The Labute approximate surface area is 202 Å². The molecule has 0 fully saturated rings. The van der Waals surface area contributed by atoms with Gasteiger partial charge in [-0.1, -0.05) is 6.07 Å². The molecule has 4 N–H and O–H groups in total. The van der Waals surface area contributed by atoms with Gasteiger partial charge in [-0.3, -0.25) is 19.5 Å². The highest BCUT2D eigenvalue weighted by Gasteiger charge is 2.17. The van der Waals surface area contributed by atoms with Crippen LogP contribution < -0.4 is 16.4 Å². The first-order valence-electron chi connectivity index (χ1n) is 11.3. The van der Waals surface area contributed by atoms with Crippen LogP contribution in [0.5, 0.6) is 0 Å². The number of methoxy groups -OCH3 is 1. The van der Waals surface area contributed by atoms with Crippen LogP contribution in [0.25, 0.3) is 11.2 Å². The number of hydrogen-bond donors (Lipinski definition) is 3. The molecule has 2 amide bonds. The summed E-state index contributed by atoms with van der Waals surface area (Å²) in [6.45, 7) is 2.35. The first kappa shape index (κ1) is 23.9. The number of pyridine rings is 1. The van der Waals surface area contributed by atoms with E-state index in [1.54, 1.807) is 50.0 Å². The lowest BCUT2D eigenvalue weighted by Gasteiger charge is -2.10. The highest BCUT2D eigenvalue weighted by atomic mass is 16.5. The van der Waals surface area contributed by atoms with Crippen molar-refractivity contribution in [2.75, 3.05) is 31.3 Å². The maximum Gasteiger partial charge on any atom is 0.258 e. The highest BCUT2D eigenvalue weighted by molar-refractivity contribution is 6.04. The van der Waals surface area contributed by atoms with E-state index >= 15 is 0 Å². The van der Waals surface area contributed by atoms with Crippen LogP contribution in [-0.4, -0.2) is 56.2 Å². The average Bonchev–Trinajstić information content (AvgIpc) is 3.49. The average molecular weight is 477 g/mol. The van der Waals surface area contributed by atoms with Crippen LogP contribution in [0.4, 0.5) is 11.6 Å². The molecule has 35 heavy (non-hydrogen) atoms. The molecule has 0 bridgehead atoms. The van der Waals surface area contributed by atoms with Gasteiger partial charge in [-0.15, -0.1) is 0 Å². The molecule has 1 aromatic carbocycles. The van der Waals surface area contributed by atoms with Gasteiger partial charge in [0.05, 0.1) is 11.9 Å². The zero-order valence-electron chi connectivity index (χ0n) is 19.5. The maximum atomic E-state index is 12.8. The van der Waals surface area contributed by atoms with E-state index in [-0.39, 0.29) is 11.8 Å². The summed E-state index contributed by atoms with van der Waals surface area (Å²) in [4.78, 5) is 38.5. The monoisotopic (exact) mass is 476 g/mol. The molecular formula is C24H28N8O3. The molecule has 0 unspecified atom stereocenters.